The number of carbonyl (C=O) groups is 3. The van der Waals surface area contributed by atoms with Crippen molar-refractivity contribution in [3.8, 4) is 0 Å². The summed E-state index contributed by atoms with van der Waals surface area (Å²) < 4.78 is 5.53. The summed E-state index contributed by atoms with van der Waals surface area (Å²) in [5.41, 5.74) is 1.77. The highest BCUT2D eigenvalue weighted by Crippen LogP contribution is 2.30. The molecular weight excluding hydrogens is 526 g/mol. The van der Waals surface area contributed by atoms with Crippen molar-refractivity contribution in [2.24, 2.45) is 11.8 Å². The number of carbonyl (C=O) groups excluding carboxylic acids is 3. The molecule has 2 aromatic carbocycles. The van der Waals surface area contributed by atoms with Crippen LogP contribution in [0.4, 0.5) is 4.79 Å². The van der Waals surface area contributed by atoms with Crippen molar-refractivity contribution in [1.82, 2.24) is 15.5 Å². The Bertz CT molecular complexity index is 1170. The second-order valence-corrected chi connectivity index (χ2v) is 12.6. The van der Waals surface area contributed by atoms with E-state index in [4.69, 9.17) is 4.74 Å². The van der Waals surface area contributed by atoms with Gasteiger partial charge in [0.1, 0.15) is 17.7 Å². The van der Waals surface area contributed by atoms with Crippen LogP contribution in [0, 0.1) is 11.8 Å². The number of nitrogens with zero attached hydrogens (tertiary/aromatic N) is 1. The highest BCUT2D eigenvalue weighted by Gasteiger charge is 2.40. The molecule has 0 aliphatic carbocycles. The van der Waals surface area contributed by atoms with E-state index in [9.17, 15) is 14.4 Å². The number of rotatable bonds is 14. The van der Waals surface area contributed by atoms with Crippen molar-refractivity contribution in [2.75, 3.05) is 0 Å². The lowest BCUT2D eigenvalue weighted by Gasteiger charge is -2.40. The Morgan fingerprint density at radius 3 is 2.21 bits per heavy atom. The molecule has 2 N–H and O–H groups in total. The fourth-order valence-corrected chi connectivity index (χ4v) is 4.77. The summed E-state index contributed by atoms with van der Waals surface area (Å²) >= 11 is 0. The van der Waals surface area contributed by atoms with Gasteiger partial charge in [-0.15, -0.1) is 0 Å². The van der Waals surface area contributed by atoms with Crippen molar-refractivity contribution in [3.63, 3.8) is 0 Å². The standard InChI is InChI=1S/C35H51N3O4/c1-10-25(5)30(37-34(41)42-35(7,8)9)33(40)38(26(6)21-20-24(3)4)31(29-19-15-18-27(11-2)22-29)32(39)36-23-28-16-13-12-14-17-28/h11-19,22,24-26,30-31H,2,10,20-21,23H2,1,3-9H3,(H,36,39)(H,37,41). The van der Waals surface area contributed by atoms with Crippen molar-refractivity contribution < 1.29 is 19.1 Å². The van der Waals surface area contributed by atoms with Crippen LogP contribution < -0.4 is 10.6 Å². The number of benzene rings is 2. The second-order valence-electron chi connectivity index (χ2n) is 12.6. The molecule has 230 valence electrons. The zero-order chi connectivity index (χ0) is 31.4. The molecule has 0 radical (unpaired) electrons. The summed E-state index contributed by atoms with van der Waals surface area (Å²) in [6.07, 6.45) is 3.30. The molecule has 0 bridgehead atoms. The Kier molecular flexibility index (Phi) is 13.3. The normalized spacial score (nSPS) is 14.3. The van der Waals surface area contributed by atoms with Gasteiger partial charge in [0.2, 0.25) is 11.8 Å². The number of amides is 3. The van der Waals surface area contributed by atoms with Gasteiger partial charge in [-0.3, -0.25) is 9.59 Å². The van der Waals surface area contributed by atoms with Crippen molar-refractivity contribution >= 4 is 24.0 Å². The van der Waals surface area contributed by atoms with E-state index in [2.05, 4.69) is 31.1 Å². The van der Waals surface area contributed by atoms with Gasteiger partial charge in [0.05, 0.1) is 0 Å². The fraction of sp³-hybridized carbons (Fsp3) is 0.514. The molecule has 3 amide bonds. The first-order valence-electron chi connectivity index (χ1n) is 15.1. The lowest BCUT2D eigenvalue weighted by molar-refractivity contribution is -0.146. The van der Waals surface area contributed by atoms with E-state index in [0.29, 0.717) is 30.9 Å². The Morgan fingerprint density at radius 2 is 1.64 bits per heavy atom. The smallest absolute Gasteiger partial charge is 0.408 e. The lowest BCUT2D eigenvalue weighted by atomic mass is 9.92. The maximum Gasteiger partial charge on any atom is 0.408 e. The zero-order valence-corrected chi connectivity index (χ0v) is 26.8. The van der Waals surface area contributed by atoms with Crippen LogP contribution in [-0.4, -0.2) is 40.5 Å². The monoisotopic (exact) mass is 577 g/mol. The van der Waals surface area contributed by atoms with Gasteiger partial charge in [-0.25, -0.2) is 4.79 Å². The average molecular weight is 578 g/mol. The topological polar surface area (TPSA) is 87.7 Å². The fourth-order valence-electron chi connectivity index (χ4n) is 4.77. The summed E-state index contributed by atoms with van der Waals surface area (Å²) in [6, 6.07) is 15.1. The molecule has 0 spiro atoms. The van der Waals surface area contributed by atoms with Gasteiger partial charge < -0.3 is 20.3 Å². The number of ether oxygens (including phenoxy) is 1. The third-order valence-electron chi connectivity index (χ3n) is 7.34. The van der Waals surface area contributed by atoms with E-state index in [0.717, 1.165) is 17.5 Å². The van der Waals surface area contributed by atoms with Crippen LogP contribution in [0.15, 0.2) is 61.2 Å². The minimum atomic E-state index is -0.921. The van der Waals surface area contributed by atoms with Gasteiger partial charge in [-0.2, -0.15) is 0 Å². The van der Waals surface area contributed by atoms with Crippen LogP contribution in [0.2, 0.25) is 0 Å². The molecule has 0 fully saturated rings. The minimum Gasteiger partial charge on any atom is -0.444 e. The highest BCUT2D eigenvalue weighted by atomic mass is 16.6. The molecule has 4 unspecified atom stereocenters. The van der Waals surface area contributed by atoms with Crippen LogP contribution in [0.5, 0.6) is 0 Å². The number of hydrogen-bond acceptors (Lipinski definition) is 4. The molecule has 42 heavy (non-hydrogen) atoms. The molecule has 0 aliphatic heterocycles. The van der Waals surface area contributed by atoms with Crippen LogP contribution in [0.3, 0.4) is 0 Å². The maximum atomic E-state index is 14.6. The van der Waals surface area contributed by atoms with Crippen LogP contribution in [0.25, 0.3) is 6.08 Å². The molecule has 0 saturated carbocycles. The molecule has 2 rings (SSSR count). The Hall–Kier alpha value is -3.61. The molecule has 0 aliphatic rings. The van der Waals surface area contributed by atoms with Gasteiger partial charge in [-0.1, -0.05) is 95.3 Å². The molecule has 0 heterocycles. The van der Waals surface area contributed by atoms with Gasteiger partial charge in [-0.05, 0) is 75.1 Å². The van der Waals surface area contributed by atoms with Crippen LogP contribution in [-0.2, 0) is 20.9 Å². The van der Waals surface area contributed by atoms with E-state index < -0.39 is 23.8 Å². The van der Waals surface area contributed by atoms with Crippen molar-refractivity contribution in [1.29, 1.82) is 0 Å². The van der Waals surface area contributed by atoms with Gasteiger partial charge >= 0.3 is 6.09 Å². The number of alkyl carbamates (subject to hydrolysis) is 1. The van der Waals surface area contributed by atoms with Gasteiger partial charge in [0.15, 0.2) is 0 Å². The quantitative estimate of drug-likeness (QED) is 0.247. The first kappa shape index (κ1) is 34.6. The zero-order valence-electron chi connectivity index (χ0n) is 26.8. The van der Waals surface area contributed by atoms with Crippen molar-refractivity contribution in [3.05, 3.63) is 77.9 Å². The second kappa shape index (κ2) is 16.1. The summed E-state index contributed by atoms with van der Waals surface area (Å²) in [5, 5.41) is 5.92. The highest BCUT2D eigenvalue weighted by molar-refractivity contribution is 5.92. The predicted molar refractivity (Wildman–Crippen MR) is 171 cm³/mol. The van der Waals surface area contributed by atoms with Crippen LogP contribution >= 0.6 is 0 Å². The Balaban J connectivity index is 2.62. The van der Waals surface area contributed by atoms with E-state index in [1.54, 1.807) is 31.7 Å². The first-order valence-corrected chi connectivity index (χ1v) is 15.1. The molecule has 2 aromatic rings. The largest absolute Gasteiger partial charge is 0.444 e. The molecule has 7 heteroatoms. The third-order valence-corrected chi connectivity index (χ3v) is 7.34. The first-order chi connectivity index (χ1) is 19.8. The van der Waals surface area contributed by atoms with E-state index in [1.165, 1.54) is 0 Å². The Morgan fingerprint density at radius 1 is 0.976 bits per heavy atom. The Labute approximate surface area is 253 Å². The van der Waals surface area contributed by atoms with Crippen molar-refractivity contribution in [2.45, 2.75) is 105 Å². The van der Waals surface area contributed by atoms with Gasteiger partial charge in [0, 0.05) is 12.6 Å². The van der Waals surface area contributed by atoms with E-state index in [1.807, 2.05) is 75.4 Å². The molecular formula is C35H51N3O4. The number of hydrogen-bond donors (Lipinski definition) is 2. The van der Waals surface area contributed by atoms with E-state index >= 15 is 0 Å². The predicted octanol–water partition coefficient (Wildman–Crippen LogP) is 7.28. The van der Waals surface area contributed by atoms with E-state index in [-0.39, 0.29) is 23.8 Å². The lowest BCUT2D eigenvalue weighted by Crippen LogP contribution is -2.57. The van der Waals surface area contributed by atoms with Crippen LogP contribution in [0.1, 0.15) is 97.4 Å². The maximum absolute atomic E-state index is 14.6. The summed E-state index contributed by atoms with van der Waals surface area (Å²) in [7, 11) is 0. The number of nitrogens with one attached hydrogen (secondary N) is 2. The molecule has 7 nitrogen and oxygen atoms in total. The molecule has 4 atom stereocenters. The minimum absolute atomic E-state index is 0.197. The third kappa shape index (κ3) is 10.7. The summed E-state index contributed by atoms with van der Waals surface area (Å²) in [6.45, 7) is 19.7. The average Bonchev–Trinajstić information content (AvgIpc) is 2.95. The SMILES string of the molecule is C=Cc1cccc(C(C(=O)NCc2ccccc2)N(C(=O)C(NC(=O)OC(C)(C)C)C(C)CC)C(C)CCC(C)C)c1. The summed E-state index contributed by atoms with van der Waals surface area (Å²) in [5.74, 6) is -0.373. The molecule has 0 aromatic heterocycles. The summed E-state index contributed by atoms with van der Waals surface area (Å²) in [4.78, 5) is 43.4. The van der Waals surface area contributed by atoms with Gasteiger partial charge in [0.25, 0.3) is 0 Å². The molecule has 0 saturated heterocycles.